The van der Waals surface area contributed by atoms with E-state index >= 15 is 0 Å². The van der Waals surface area contributed by atoms with Crippen LogP contribution >= 0.6 is 11.6 Å². The molecule has 3 heteroatoms. The summed E-state index contributed by atoms with van der Waals surface area (Å²) in [5.41, 5.74) is 2.25. The van der Waals surface area contributed by atoms with Gasteiger partial charge in [0.15, 0.2) is 0 Å². The second kappa shape index (κ2) is 6.04. The first-order valence-electron chi connectivity index (χ1n) is 7.21. The normalized spacial score (nSPS) is 27.1. The van der Waals surface area contributed by atoms with Gasteiger partial charge < -0.3 is 10.2 Å². The van der Waals surface area contributed by atoms with Crippen molar-refractivity contribution < 1.29 is 0 Å². The van der Waals surface area contributed by atoms with Crippen LogP contribution in [0, 0.1) is 11.8 Å². The van der Waals surface area contributed by atoms with Crippen LogP contribution in [0.15, 0.2) is 18.2 Å². The lowest BCUT2D eigenvalue weighted by atomic mass is 9.80. The lowest BCUT2D eigenvalue weighted by Gasteiger charge is -2.35. The Kier molecular flexibility index (Phi) is 4.62. The topological polar surface area (TPSA) is 15.3 Å². The molecule has 1 aromatic rings. The zero-order chi connectivity index (χ0) is 14.0. The summed E-state index contributed by atoms with van der Waals surface area (Å²) in [4.78, 5) is 2.08. The number of hydrogen-bond acceptors (Lipinski definition) is 2. The molecule has 1 saturated carbocycles. The number of nitrogens with one attached hydrogen (secondary N) is 1. The molecule has 0 bridgehead atoms. The van der Waals surface area contributed by atoms with Gasteiger partial charge in [0.1, 0.15) is 0 Å². The summed E-state index contributed by atoms with van der Waals surface area (Å²) in [6, 6.07) is 6.67. The van der Waals surface area contributed by atoms with Crippen LogP contribution < -0.4 is 10.2 Å². The molecule has 2 nitrogen and oxygen atoms in total. The van der Waals surface area contributed by atoms with E-state index in [2.05, 4.69) is 30.1 Å². The van der Waals surface area contributed by atoms with Crippen LogP contribution in [0.3, 0.4) is 0 Å². The maximum Gasteiger partial charge on any atom is 0.0786 e. The van der Waals surface area contributed by atoms with Crippen molar-refractivity contribution in [3.05, 3.63) is 23.2 Å². The minimum Gasteiger partial charge on any atom is -0.380 e. The quantitative estimate of drug-likeness (QED) is 0.867. The fourth-order valence-corrected chi connectivity index (χ4v) is 3.51. The predicted molar refractivity (Wildman–Crippen MR) is 85.4 cm³/mol. The van der Waals surface area contributed by atoms with Crippen LogP contribution in [0.25, 0.3) is 0 Å². The average Bonchev–Trinajstić information content (AvgIpc) is 2.32. The van der Waals surface area contributed by atoms with E-state index in [0.29, 0.717) is 6.04 Å². The van der Waals surface area contributed by atoms with Gasteiger partial charge in [-0.05, 0) is 43.2 Å². The molecule has 0 radical (unpaired) electrons. The Bertz CT molecular complexity index is 431. The van der Waals surface area contributed by atoms with Gasteiger partial charge in [-0.2, -0.15) is 0 Å². The first kappa shape index (κ1) is 14.5. The van der Waals surface area contributed by atoms with Gasteiger partial charge in [-0.15, -0.1) is 0 Å². The van der Waals surface area contributed by atoms with E-state index in [1.54, 1.807) is 0 Å². The Hall–Kier alpha value is -0.890. The van der Waals surface area contributed by atoms with Crippen molar-refractivity contribution in [1.82, 2.24) is 0 Å². The van der Waals surface area contributed by atoms with E-state index in [1.165, 1.54) is 19.3 Å². The Morgan fingerprint density at radius 3 is 2.58 bits per heavy atom. The molecule has 2 rings (SSSR count). The average molecular weight is 281 g/mol. The molecule has 0 amide bonds. The number of nitrogens with zero attached hydrogens (tertiary/aromatic N) is 1. The lowest BCUT2D eigenvalue weighted by Crippen LogP contribution is -2.33. The minimum atomic E-state index is 0.563. The van der Waals surface area contributed by atoms with Gasteiger partial charge in [-0.25, -0.2) is 0 Å². The zero-order valence-electron chi connectivity index (χ0n) is 12.4. The molecule has 3 unspecified atom stereocenters. The summed E-state index contributed by atoms with van der Waals surface area (Å²) in [5, 5.41) is 4.53. The van der Waals surface area contributed by atoms with Crippen LogP contribution in [0.5, 0.6) is 0 Å². The van der Waals surface area contributed by atoms with Crippen LogP contribution in [-0.2, 0) is 0 Å². The molecule has 106 valence electrons. The van der Waals surface area contributed by atoms with Gasteiger partial charge in [0, 0.05) is 20.1 Å². The van der Waals surface area contributed by atoms with Crippen molar-refractivity contribution in [1.29, 1.82) is 0 Å². The standard InChI is InChI=1S/C16H25ClN2/c1-11-8-9-14(12(2)10-11)18-15-7-5-6-13(17)16(15)19(3)4/h5-7,11-12,14,18H,8-10H2,1-4H3. The number of halogens is 1. The van der Waals surface area contributed by atoms with Gasteiger partial charge in [0.2, 0.25) is 0 Å². The molecule has 0 spiro atoms. The Morgan fingerprint density at radius 2 is 1.95 bits per heavy atom. The molecule has 0 aromatic heterocycles. The summed E-state index contributed by atoms with van der Waals surface area (Å²) >= 11 is 6.32. The third-order valence-corrected chi connectivity index (χ3v) is 4.51. The van der Waals surface area contributed by atoms with Crippen LogP contribution in [-0.4, -0.2) is 20.1 Å². The van der Waals surface area contributed by atoms with E-state index in [9.17, 15) is 0 Å². The maximum absolute atomic E-state index is 6.32. The van der Waals surface area contributed by atoms with Gasteiger partial charge in [0.05, 0.1) is 16.4 Å². The van der Waals surface area contributed by atoms with E-state index in [4.69, 9.17) is 11.6 Å². The van der Waals surface area contributed by atoms with Gasteiger partial charge >= 0.3 is 0 Å². The van der Waals surface area contributed by atoms with Crippen molar-refractivity contribution in [3.8, 4) is 0 Å². The van der Waals surface area contributed by atoms with E-state index in [-0.39, 0.29) is 0 Å². The first-order chi connectivity index (χ1) is 8.99. The SMILES string of the molecule is CC1CCC(Nc2cccc(Cl)c2N(C)C)C(C)C1. The summed E-state index contributed by atoms with van der Waals surface area (Å²) in [6.45, 7) is 4.71. The fraction of sp³-hybridized carbons (Fsp3) is 0.625. The molecule has 1 aliphatic carbocycles. The largest absolute Gasteiger partial charge is 0.380 e. The van der Waals surface area contributed by atoms with Crippen molar-refractivity contribution in [3.63, 3.8) is 0 Å². The fourth-order valence-electron chi connectivity index (χ4n) is 3.17. The van der Waals surface area contributed by atoms with E-state index in [1.807, 2.05) is 26.2 Å². The van der Waals surface area contributed by atoms with Gasteiger partial charge in [-0.1, -0.05) is 31.5 Å². The molecular weight excluding hydrogens is 256 g/mol. The highest BCUT2D eigenvalue weighted by Gasteiger charge is 2.26. The maximum atomic E-state index is 6.32. The second-order valence-electron chi connectivity index (χ2n) is 6.18. The van der Waals surface area contributed by atoms with Crippen LogP contribution in [0.2, 0.25) is 5.02 Å². The monoisotopic (exact) mass is 280 g/mol. The molecule has 1 fully saturated rings. The van der Waals surface area contributed by atoms with Crippen molar-refractivity contribution in [2.24, 2.45) is 11.8 Å². The molecule has 1 aliphatic rings. The minimum absolute atomic E-state index is 0.563. The molecule has 3 atom stereocenters. The third-order valence-electron chi connectivity index (χ3n) is 4.21. The smallest absolute Gasteiger partial charge is 0.0786 e. The Labute approximate surface area is 122 Å². The van der Waals surface area contributed by atoms with Gasteiger partial charge in [0.25, 0.3) is 0 Å². The second-order valence-corrected chi connectivity index (χ2v) is 6.58. The molecule has 0 heterocycles. The van der Waals surface area contributed by atoms with Gasteiger partial charge in [-0.3, -0.25) is 0 Å². The molecule has 19 heavy (non-hydrogen) atoms. The molecule has 0 saturated heterocycles. The molecule has 0 aliphatic heterocycles. The van der Waals surface area contributed by atoms with Crippen molar-refractivity contribution in [2.45, 2.75) is 39.2 Å². The molecule has 1 aromatic carbocycles. The van der Waals surface area contributed by atoms with Crippen LogP contribution in [0.1, 0.15) is 33.1 Å². The third kappa shape index (κ3) is 3.36. The summed E-state index contributed by atoms with van der Waals surface area (Å²) in [7, 11) is 4.08. The number of rotatable bonds is 3. The lowest BCUT2D eigenvalue weighted by molar-refractivity contribution is 0.276. The number of anilines is 2. The number of para-hydroxylation sites is 1. The number of benzene rings is 1. The Morgan fingerprint density at radius 1 is 1.21 bits per heavy atom. The Balaban J connectivity index is 2.17. The van der Waals surface area contributed by atoms with E-state index in [0.717, 1.165) is 28.2 Å². The highest BCUT2D eigenvalue weighted by atomic mass is 35.5. The summed E-state index contributed by atoms with van der Waals surface area (Å²) < 4.78 is 0. The molecule has 1 N–H and O–H groups in total. The first-order valence-corrected chi connectivity index (χ1v) is 7.59. The summed E-state index contributed by atoms with van der Waals surface area (Å²) in [5.74, 6) is 1.58. The van der Waals surface area contributed by atoms with Crippen LogP contribution in [0.4, 0.5) is 11.4 Å². The predicted octanol–water partition coefficient (Wildman–Crippen LogP) is 4.64. The molecular formula is C16H25ClN2. The van der Waals surface area contributed by atoms with Crippen molar-refractivity contribution in [2.75, 3.05) is 24.3 Å². The summed E-state index contributed by atoms with van der Waals surface area (Å²) in [6.07, 6.45) is 3.89. The highest BCUT2D eigenvalue weighted by molar-refractivity contribution is 6.34. The highest BCUT2D eigenvalue weighted by Crippen LogP contribution is 2.36. The zero-order valence-corrected chi connectivity index (χ0v) is 13.2. The van der Waals surface area contributed by atoms with Crippen molar-refractivity contribution >= 4 is 23.0 Å². The van der Waals surface area contributed by atoms with E-state index < -0.39 is 0 Å². The number of hydrogen-bond donors (Lipinski definition) is 1.